The van der Waals surface area contributed by atoms with Gasteiger partial charge in [0, 0.05) is 0 Å². The summed E-state index contributed by atoms with van der Waals surface area (Å²) in [6.45, 7) is 3.32. The summed E-state index contributed by atoms with van der Waals surface area (Å²) in [6, 6.07) is 10.3. The number of hydrogen-bond donors (Lipinski definition) is 0. The van der Waals surface area contributed by atoms with E-state index in [9.17, 15) is 13.6 Å². The zero-order valence-corrected chi connectivity index (χ0v) is 14.1. The Kier molecular flexibility index (Phi) is 3.64. The maximum atomic E-state index is 13.9. The van der Waals surface area contributed by atoms with Crippen LogP contribution in [0.2, 0.25) is 0 Å². The van der Waals surface area contributed by atoms with E-state index in [0.29, 0.717) is 33.8 Å². The Morgan fingerprint density at radius 1 is 0.962 bits per heavy atom. The highest BCUT2D eigenvalue weighted by Gasteiger charge is 2.16. The standard InChI is InChI=1S/C19H14F2N4O/c1-11-3-6-15(9-17(11)21)24-12(2)23-18-16(19(24)26)10-22-25(18)14-7-4-13(20)5-8-14/h3-10H,1-2H3. The lowest BCUT2D eigenvalue weighted by Gasteiger charge is -2.11. The molecule has 0 unspecified atom stereocenters. The minimum absolute atomic E-state index is 0.293. The second kappa shape index (κ2) is 5.87. The average molecular weight is 352 g/mol. The highest BCUT2D eigenvalue weighted by Crippen LogP contribution is 2.18. The van der Waals surface area contributed by atoms with Crippen molar-refractivity contribution in [3.8, 4) is 11.4 Å². The average Bonchev–Trinajstić information content (AvgIpc) is 3.03. The Morgan fingerprint density at radius 3 is 2.35 bits per heavy atom. The maximum Gasteiger partial charge on any atom is 0.269 e. The summed E-state index contributed by atoms with van der Waals surface area (Å²) in [5.41, 5.74) is 1.51. The molecule has 0 aliphatic rings. The summed E-state index contributed by atoms with van der Waals surface area (Å²) >= 11 is 0. The topological polar surface area (TPSA) is 52.7 Å². The number of nitrogens with zero attached hydrogens (tertiary/aromatic N) is 4. The third-order valence-electron chi connectivity index (χ3n) is 4.25. The number of rotatable bonds is 2. The molecule has 0 aliphatic carbocycles. The molecule has 0 aliphatic heterocycles. The van der Waals surface area contributed by atoms with Gasteiger partial charge >= 0.3 is 0 Å². The van der Waals surface area contributed by atoms with E-state index in [0.717, 1.165) is 0 Å². The lowest BCUT2D eigenvalue weighted by atomic mass is 10.2. The molecule has 7 heteroatoms. The number of benzene rings is 2. The molecule has 0 saturated carbocycles. The van der Waals surface area contributed by atoms with Gasteiger partial charge in [-0.05, 0) is 55.8 Å². The summed E-state index contributed by atoms with van der Waals surface area (Å²) in [5.74, 6) is -0.358. The fraction of sp³-hybridized carbons (Fsp3) is 0.105. The van der Waals surface area contributed by atoms with Gasteiger partial charge in [0.1, 0.15) is 22.8 Å². The Bertz CT molecular complexity index is 1190. The van der Waals surface area contributed by atoms with Gasteiger partial charge in [-0.25, -0.2) is 18.4 Å². The first kappa shape index (κ1) is 16.1. The van der Waals surface area contributed by atoms with Gasteiger partial charge in [0.2, 0.25) is 0 Å². The van der Waals surface area contributed by atoms with Crippen LogP contribution in [0.4, 0.5) is 8.78 Å². The van der Waals surface area contributed by atoms with Crippen molar-refractivity contribution in [2.45, 2.75) is 13.8 Å². The molecular weight excluding hydrogens is 338 g/mol. The highest BCUT2D eigenvalue weighted by atomic mass is 19.1. The van der Waals surface area contributed by atoms with Crippen LogP contribution in [0.15, 0.2) is 53.5 Å². The van der Waals surface area contributed by atoms with Crippen LogP contribution in [0.5, 0.6) is 0 Å². The summed E-state index contributed by atoms with van der Waals surface area (Å²) in [4.78, 5) is 17.4. The molecule has 2 aromatic heterocycles. The van der Waals surface area contributed by atoms with Gasteiger partial charge in [0.25, 0.3) is 5.56 Å². The molecule has 26 heavy (non-hydrogen) atoms. The minimum atomic E-state index is -0.393. The third-order valence-corrected chi connectivity index (χ3v) is 4.25. The second-order valence-corrected chi connectivity index (χ2v) is 6.00. The maximum absolute atomic E-state index is 13.9. The van der Waals surface area contributed by atoms with Crippen molar-refractivity contribution in [3.63, 3.8) is 0 Å². The lowest BCUT2D eigenvalue weighted by Crippen LogP contribution is -2.22. The normalized spacial score (nSPS) is 11.2. The summed E-state index contributed by atoms with van der Waals surface area (Å²) in [5, 5.41) is 4.50. The molecule has 5 nitrogen and oxygen atoms in total. The van der Waals surface area contributed by atoms with Gasteiger partial charge < -0.3 is 0 Å². The van der Waals surface area contributed by atoms with E-state index in [-0.39, 0.29) is 11.4 Å². The highest BCUT2D eigenvalue weighted by molar-refractivity contribution is 5.75. The molecule has 0 amide bonds. The van der Waals surface area contributed by atoms with Crippen molar-refractivity contribution < 1.29 is 8.78 Å². The van der Waals surface area contributed by atoms with Crippen molar-refractivity contribution in [1.82, 2.24) is 19.3 Å². The Labute approximate surface area is 147 Å². The molecule has 2 aromatic carbocycles. The molecule has 4 aromatic rings. The summed E-state index contributed by atoms with van der Waals surface area (Å²) in [6.07, 6.45) is 1.41. The minimum Gasteiger partial charge on any atom is -0.268 e. The molecular formula is C19H14F2N4O. The fourth-order valence-corrected chi connectivity index (χ4v) is 2.87. The van der Waals surface area contributed by atoms with Crippen LogP contribution in [-0.2, 0) is 0 Å². The molecule has 2 heterocycles. The van der Waals surface area contributed by atoms with Crippen LogP contribution >= 0.6 is 0 Å². The van der Waals surface area contributed by atoms with E-state index < -0.39 is 5.82 Å². The number of aromatic nitrogens is 4. The zero-order chi connectivity index (χ0) is 18.4. The van der Waals surface area contributed by atoms with E-state index in [2.05, 4.69) is 10.1 Å². The van der Waals surface area contributed by atoms with E-state index >= 15 is 0 Å². The number of aryl methyl sites for hydroxylation is 2. The molecule has 0 saturated heterocycles. The van der Waals surface area contributed by atoms with Crippen LogP contribution < -0.4 is 5.56 Å². The Morgan fingerprint density at radius 2 is 1.65 bits per heavy atom. The first-order valence-corrected chi connectivity index (χ1v) is 7.95. The first-order valence-electron chi connectivity index (χ1n) is 7.95. The van der Waals surface area contributed by atoms with Gasteiger partial charge in [-0.1, -0.05) is 6.07 Å². The Hall–Kier alpha value is -3.35. The van der Waals surface area contributed by atoms with Gasteiger partial charge in [-0.3, -0.25) is 9.36 Å². The Balaban J connectivity index is 1.95. The number of fused-ring (bicyclic) bond motifs is 1. The quantitative estimate of drug-likeness (QED) is 0.555. The van der Waals surface area contributed by atoms with Crippen molar-refractivity contribution >= 4 is 11.0 Å². The molecule has 4 rings (SSSR count). The fourth-order valence-electron chi connectivity index (χ4n) is 2.87. The number of halogens is 2. The number of hydrogen-bond acceptors (Lipinski definition) is 3. The van der Waals surface area contributed by atoms with Gasteiger partial charge in [-0.15, -0.1) is 0 Å². The predicted octanol–water partition coefficient (Wildman–Crippen LogP) is 3.47. The van der Waals surface area contributed by atoms with E-state index in [4.69, 9.17) is 0 Å². The molecule has 0 bridgehead atoms. The van der Waals surface area contributed by atoms with Crippen LogP contribution in [0.25, 0.3) is 22.4 Å². The molecule has 130 valence electrons. The molecule has 0 radical (unpaired) electrons. The van der Waals surface area contributed by atoms with E-state index in [1.165, 1.54) is 33.6 Å². The third kappa shape index (κ3) is 2.48. The summed E-state index contributed by atoms with van der Waals surface area (Å²) in [7, 11) is 0. The van der Waals surface area contributed by atoms with Crippen LogP contribution in [0, 0.1) is 25.5 Å². The van der Waals surface area contributed by atoms with Crippen LogP contribution in [-0.4, -0.2) is 19.3 Å². The van der Waals surface area contributed by atoms with Crippen molar-refractivity contribution in [2.75, 3.05) is 0 Å². The van der Waals surface area contributed by atoms with E-state index in [1.54, 1.807) is 38.1 Å². The monoisotopic (exact) mass is 352 g/mol. The smallest absolute Gasteiger partial charge is 0.268 e. The van der Waals surface area contributed by atoms with Gasteiger partial charge in [0.15, 0.2) is 5.65 Å². The van der Waals surface area contributed by atoms with Crippen molar-refractivity contribution in [3.05, 3.63) is 82.0 Å². The van der Waals surface area contributed by atoms with Crippen LogP contribution in [0.1, 0.15) is 11.4 Å². The SMILES string of the molecule is Cc1ccc(-n2c(C)nc3c(cnn3-c3ccc(F)cc3)c2=O)cc1F. The van der Waals surface area contributed by atoms with Gasteiger partial charge in [-0.2, -0.15) is 5.10 Å². The van der Waals surface area contributed by atoms with Gasteiger partial charge in [0.05, 0.1) is 17.6 Å². The van der Waals surface area contributed by atoms with Crippen molar-refractivity contribution in [2.24, 2.45) is 0 Å². The van der Waals surface area contributed by atoms with Crippen LogP contribution in [0.3, 0.4) is 0 Å². The molecule has 0 N–H and O–H groups in total. The summed E-state index contributed by atoms with van der Waals surface area (Å²) < 4.78 is 29.9. The molecule has 0 fully saturated rings. The predicted molar refractivity (Wildman–Crippen MR) is 93.9 cm³/mol. The molecule has 0 atom stereocenters. The second-order valence-electron chi connectivity index (χ2n) is 6.00. The van der Waals surface area contributed by atoms with E-state index in [1.807, 2.05) is 0 Å². The molecule has 0 spiro atoms. The largest absolute Gasteiger partial charge is 0.269 e. The first-order chi connectivity index (χ1) is 12.5. The zero-order valence-electron chi connectivity index (χ0n) is 14.1. The van der Waals surface area contributed by atoms with Crippen molar-refractivity contribution in [1.29, 1.82) is 0 Å². The lowest BCUT2D eigenvalue weighted by molar-refractivity contribution is 0.616.